The molecule has 6 heteroatoms. The van der Waals surface area contributed by atoms with Crippen LogP contribution in [0.15, 0.2) is 6.20 Å². The van der Waals surface area contributed by atoms with Gasteiger partial charge in [-0.05, 0) is 13.8 Å². The number of ether oxygens (including phenoxy) is 1. The lowest BCUT2D eigenvalue weighted by atomic mass is 10.1. The highest BCUT2D eigenvalue weighted by Gasteiger charge is 2.19. The Balaban J connectivity index is 2.63. The Morgan fingerprint density at radius 1 is 1.62 bits per heavy atom. The number of pyridine rings is 1. The van der Waals surface area contributed by atoms with E-state index in [4.69, 9.17) is 16.3 Å². The summed E-state index contributed by atoms with van der Waals surface area (Å²) in [6, 6.07) is 0. The molecule has 0 aromatic carbocycles. The monoisotopic (exact) mass is 239 g/mol. The predicted molar refractivity (Wildman–Crippen MR) is 59.6 cm³/mol. The first-order valence-electron chi connectivity index (χ1n) is 4.81. The van der Waals surface area contributed by atoms with Crippen LogP contribution in [0.25, 0.3) is 11.0 Å². The van der Waals surface area contributed by atoms with E-state index < -0.39 is 5.97 Å². The standard InChI is InChI=1S/C10H10ClN3O2/c1-3-16-10(15)7-5(2)13-9-6(8(7)11)4-12-14-9/h4H,3H2,1-2H3,(H,12,13,14). The largest absolute Gasteiger partial charge is 0.462 e. The molecular weight excluding hydrogens is 230 g/mol. The van der Waals surface area contributed by atoms with Crippen molar-refractivity contribution in [1.29, 1.82) is 0 Å². The molecule has 2 aromatic rings. The van der Waals surface area contributed by atoms with Crippen LogP contribution in [0.3, 0.4) is 0 Å². The van der Waals surface area contributed by atoms with E-state index in [1.54, 1.807) is 13.8 Å². The number of H-pyrrole nitrogens is 1. The lowest BCUT2D eigenvalue weighted by Gasteiger charge is -2.07. The maximum absolute atomic E-state index is 11.7. The fourth-order valence-corrected chi connectivity index (χ4v) is 1.84. The molecular formula is C10H10ClN3O2. The Morgan fingerprint density at radius 3 is 3.06 bits per heavy atom. The van der Waals surface area contributed by atoms with Crippen molar-refractivity contribution in [2.75, 3.05) is 6.61 Å². The Morgan fingerprint density at radius 2 is 2.38 bits per heavy atom. The molecule has 0 saturated carbocycles. The summed E-state index contributed by atoms with van der Waals surface area (Å²) in [5.74, 6) is -0.458. The maximum atomic E-state index is 11.7. The Labute approximate surface area is 96.8 Å². The fraction of sp³-hybridized carbons (Fsp3) is 0.300. The third kappa shape index (κ3) is 1.63. The third-order valence-electron chi connectivity index (χ3n) is 2.20. The minimum absolute atomic E-state index is 0.303. The first-order valence-corrected chi connectivity index (χ1v) is 5.19. The van der Waals surface area contributed by atoms with E-state index in [9.17, 15) is 4.79 Å². The van der Waals surface area contributed by atoms with Gasteiger partial charge in [0.05, 0.1) is 28.9 Å². The van der Waals surface area contributed by atoms with E-state index in [-0.39, 0.29) is 0 Å². The van der Waals surface area contributed by atoms with E-state index in [1.807, 2.05) is 0 Å². The molecule has 0 aliphatic heterocycles. The average Bonchev–Trinajstić information content (AvgIpc) is 2.66. The van der Waals surface area contributed by atoms with Crippen LogP contribution in [-0.4, -0.2) is 27.8 Å². The summed E-state index contributed by atoms with van der Waals surface area (Å²) in [7, 11) is 0. The van der Waals surface area contributed by atoms with Gasteiger partial charge in [0, 0.05) is 0 Å². The summed E-state index contributed by atoms with van der Waals surface area (Å²) in [5.41, 5.74) is 1.40. The quantitative estimate of drug-likeness (QED) is 0.815. The number of fused-ring (bicyclic) bond motifs is 1. The van der Waals surface area contributed by atoms with Crippen LogP contribution >= 0.6 is 11.6 Å². The van der Waals surface area contributed by atoms with Crippen molar-refractivity contribution in [2.24, 2.45) is 0 Å². The second kappa shape index (κ2) is 4.09. The number of aryl methyl sites for hydroxylation is 1. The Kier molecular flexibility index (Phi) is 2.78. The van der Waals surface area contributed by atoms with Gasteiger partial charge in [0.1, 0.15) is 5.56 Å². The molecule has 0 spiro atoms. The summed E-state index contributed by atoms with van der Waals surface area (Å²) < 4.78 is 4.92. The zero-order valence-electron chi connectivity index (χ0n) is 8.87. The summed E-state index contributed by atoms with van der Waals surface area (Å²) in [5, 5.41) is 7.48. The van der Waals surface area contributed by atoms with E-state index in [0.717, 1.165) is 0 Å². The van der Waals surface area contributed by atoms with Crippen molar-refractivity contribution in [3.63, 3.8) is 0 Å². The van der Waals surface area contributed by atoms with E-state index >= 15 is 0 Å². The van der Waals surface area contributed by atoms with Crippen molar-refractivity contribution < 1.29 is 9.53 Å². The van der Waals surface area contributed by atoms with E-state index in [2.05, 4.69) is 15.2 Å². The zero-order valence-corrected chi connectivity index (χ0v) is 9.63. The number of rotatable bonds is 2. The van der Waals surface area contributed by atoms with Crippen LogP contribution in [0, 0.1) is 6.92 Å². The van der Waals surface area contributed by atoms with Crippen molar-refractivity contribution >= 4 is 28.6 Å². The van der Waals surface area contributed by atoms with Gasteiger partial charge in [0.2, 0.25) is 0 Å². The molecule has 1 N–H and O–H groups in total. The van der Waals surface area contributed by atoms with Gasteiger partial charge < -0.3 is 4.74 Å². The Hall–Kier alpha value is -1.62. The van der Waals surface area contributed by atoms with Gasteiger partial charge in [-0.1, -0.05) is 11.6 Å². The second-order valence-corrected chi connectivity index (χ2v) is 3.62. The zero-order chi connectivity index (χ0) is 11.7. The molecule has 0 bridgehead atoms. The topological polar surface area (TPSA) is 67.9 Å². The molecule has 0 unspecified atom stereocenters. The third-order valence-corrected chi connectivity index (χ3v) is 2.59. The van der Waals surface area contributed by atoms with Crippen LogP contribution < -0.4 is 0 Å². The van der Waals surface area contributed by atoms with Crippen molar-refractivity contribution in [2.45, 2.75) is 13.8 Å². The van der Waals surface area contributed by atoms with Crippen molar-refractivity contribution in [3.05, 3.63) is 22.5 Å². The summed E-state index contributed by atoms with van der Waals surface area (Å²) >= 11 is 6.12. The number of carbonyl (C=O) groups is 1. The lowest BCUT2D eigenvalue weighted by Crippen LogP contribution is -2.09. The molecule has 0 saturated heterocycles. The van der Waals surface area contributed by atoms with Gasteiger partial charge in [0.15, 0.2) is 5.65 Å². The van der Waals surface area contributed by atoms with Crippen molar-refractivity contribution in [1.82, 2.24) is 15.2 Å². The molecule has 16 heavy (non-hydrogen) atoms. The van der Waals surface area contributed by atoms with Gasteiger partial charge in [0.25, 0.3) is 0 Å². The second-order valence-electron chi connectivity index (χ2n) is 3.24. The summed E-state index contributed by atoms with van der Waals surface area (Å²) in [4.78, 5) is 15.9. The van der Waals surface area contributed by atoms with Crippen LogP contribution in [0.5, 0.6) is 0 Å². The van der Waals surface area contributed by atoms with Gasteiger partial charge in [-0.3, -0.25) is 5.10 Å². The van der Waals surface area contributed by atoms with E-state index in [1.165, 1.54) is 6.20 Å². The average molecular weight is 240 g/mol. The minimum atomic E-state index is -0.458. The highest BCUT2D eigenvalue weighted by atomic mass is 35.5. The van der Waals surface area contributed by atoms with Crippen LogP contribution in [0.1, 0.15) is 23.0 Å². The first-order chi connectivity index (χ1) is 7.65. The van der Waals surface area contributed by atoms with Gasteiger partial charge in [-0.25, -0.2) is 9.78 Å². The highest BCUT2D eigenvalue weighted by molar-refractivity contribution is 6.38. The SMILES string of the molecule is CCOC(=O)c1c(C)nc2[nH]ncc2c1Cl. The molecule has 2 aromatic heterocycles. The maximum Gasteiger partial charge on any atom is 0.341 e. The fourth-order valence-electron chi connectivity index (χ4n) is 1.48. The number of aromatic nitrogens is 3. The Bertz CT molecular complexity index is 550. The summed E-state index contributed by atoms with van der Waals surface area (Å²) in [6.07, 6.45) is 1.53. The van der Waals surface area contributed by atoms with Crippen LogP contribution in [0.2, 0.25) is 5.02 Å². The highest BCUT2D eigenvalue weighted by Crippen LogP contribution is 2.27. The first kappa shape index (κ1) is 10.9. The number of aromatic amines is 1. The predicted octanol–water partition coefficient (Wildman–Crippen LogP) is 2.10. The smallest absolute Gasteiger partial charge is 0.341 e. The van der Waals surface area contributed by atoms with E-state index in [0.29, 0.717) is 33.9 Å². The molecule has 0 atom stereocenters. The van der Waals surface area contributed by atoms with Crippen LogP contribution in [-0.2, 0) is 4.74 Å². The molecule has 2 rings (SSSR count). The molecule has 84 valence electrons. The molecule has 5 nitrogen and oxygen atoms in total. The number of nitrogens with one attached hydrogen (secondary N) is 1. The molecule has 0 fully saturated rings. The minimum Gasteiger partial charge on any atom is -0.462 e. The van der Waals surface area contributed by atoms with Gasteiger partial charge in [-0.2, -0.15) is 5.10 Å². The number of nitrogens with zero attached hydrogens (tertiary/aromatic N) is 2. The van der Waals surface area contributed by atoms with Gasteiger partial charge >= 0.3 is 5.97 Å². The number of esters is 1. The van der Waals surface area contributed by atoms with Gasteiger partial charge in [-0.15, -0.1) is 0 Å². The summed E-state index contributed by atoms with van der Waals surface area (Å²) in [6.45, 7) is 3.75. The lowest BCUT2D eigenvalue weighted by molar-refractivity contribution is 0.0525. The number of halogens is 1. The molecule has 0 radical (unpaired) electrons. The normalized spacial score (nSPS) is 10.7. The molecule has 0 aliphatic carbocycles. The molecule has 0 aliphatic rings. The molecule has 0 amide bonds. The molecule has 2 heterocycles. The number of hydrogen-bond donors (Lipinski definition) is 1. The number of carbonyl (C=O) groups excluding carboxylic acids is 1. The number of hydrogen-bond acceptors (Lipinski definition) is 4. The van der Waals surface area contributed by atoms with Crippen molar-refractivity contribution in [3.8, 4) is 0 Å². The van der Waals surface area contributed by atoms with Crippen LogP contribution in [0.4, 0.5) is 0 Å².